The summed E-state index contributed by atoms with van der Waals surface area (Å²) in [6.45, 7) is 3.06. The van der Waals surface area contributed by atoms with Gasteiger partial charge in [-0.15, -0.1) is 10.2 Å². The number of furan rings is 1. The summed E-state index contributed by atoms with van der Waals surface area (Å²) in [7, 11) is 3.22. The van der Waals surface area contributed by atoms with E-state index < -0.39 is 0 Å². The first kappa shape index (κ1) is 21.4. The number of nitrogens with one attached hydrogen (secondary N) is 2. The van der Waals surface area contributed by atoms with Crippen LogP contribution in [0.5, 0.6) is 5.75 Å². The number of carbonyl (C=O) groups excluding carboxylic acids is 1. The number of hydrogen-bond acceptors (Lipinski definition) is 9. The van der Waals surface area contributed by atoms with E-state index in [1.54, 1.807) is 20.3 Å². The average Bonchev–Trinajstić information content (AvgIpc) is 3.36. The predicted molar refractivity (Wildman–Crippen MR) is 124 cm³/mol. The van der Waals surface area contributed by atoms with Crippen molar-refractivity contribution in [2.24, 2.45) is 0 Å². The number of nitrogens with zero attached hydrogens (tertiary/aromatic N) is 2. The molecule has 2 aromatic heterocycles. The molecule has 0 aliphatic heterocycles. The fourth-order valence-electron chi connectivity index (χ4n) is 3.05. The molecule has 1 atom stereocenters. The second kappa shape index (κ2) is 9.54. The zero-order valence-electron chi connectivity index (χ0n) is 17.3. The maximum absolute atomic E-state index is 12.8. The number of fused-ring (bicyclic) bond motifs is 3. The van der Waals surface area contributed by atoms with Gasteiger partial charge in [0, 0.05) is 30.5 Å². The molecule has 1 unspecified atom stereocenters. The van der Waals surface area contributed by atoms with Crippen LogP contribution < -0.4 is 15.4 Å². The number of benzene rings is 2. The summed E-state index contributed by atoms with van der Waals surface area (Å²) in [6, 6.07) is 11.5. The molecule has 1 amide bonds. The van der Waals surface area contributed by atoms with Gasteiger partial charge >= 0.3 is 0 Å². The molecule has 2 aromatic carbocycles. The number of thioether (sulfide) groups is 1. The van der Waals surface area contributed by atoms with Crippen LogP contribution in [0, 0.1) is 0 Å². The van der Waals surface area contributed by atoms with Crippen molar-refractivity contribution in [3.8, 4) is 5.75 Å². The molecule has 4 rings (SSSR count). The van der Waals surface area contributed by atoms with Crippen molar-refractivity contribution in [3.05, 3.63) is 36.4 Å². The Morgan fingerprint density at radius 3 is 2.84 bits per heavy atom. The highest BCUT2D eigenvalue weighted by Crippen LogP contribution is 2.37. The van der Waals surface area contributed by atoms with Gasteiger partial charge in [-0.3, -0.25) is 4.79 Å². The lowest BCUT2D eigenvalue weighted by molar-refractivity contribution is -0.115. The van der Waals surface area contributed by atoms with Gasteiger partial charge in [0.25, 0.3) is 0 Å². The summed E-state index contributed by atoms with van der Waals surface area (Å²) >= 11 is 2.75. The second-order valence-corrected chi connectivity index (χ2v) is 9.25. The van der Waals surface area contributed by atoms with E-state index >= 15 is 0 Å². The van der Waals surface area contributed by atoms with E-state index in [-0.39, 0.29) is 11.2 Å². The summed E-state index contributed by atoms with van der Waals surface area (Å²) in [5.74, 6) is 0.410. The van der Waals surface area contributed by atoms with Crippen LogP contribution in [-0.4, -0.2) is 48.7 Å². The molecule has 2 N–H and O–H groups in total. The third-order valence-corrected chi connectivity index (χ3v) is 6.66. The fraction of sp³-hybridized carbons (Fsp3) is 0.286. The molecule has 4 aromatic rings. The first-order valence-corrected chi connectivity index (χ1v) is 11.3. The van der Waals surface area contributed by atoms with Gasteiger partial charge in [0.15, 0.2) is 4.34 Å². The first-order valence-electron chi connectivity index (χ1n) is 9.62. The Balaban J connectivity index is 1.47. The van der Waals surface area contributed by atoms with Crippen molar-refractivity contribution < 1.29 is 18.7 Å². The molecule has 0 aliphatic rings. The van der Waals surface area contributed by atoms with Crippen molar-refractivity contribution in [1.29, 1.82) is 0 Å². The van der Waals surface area contributed by atoms with Crippen molar-refractivity contribution >= 4 is 61.8 Å². The van der Waals surface area contributed by atoms with Gasteiger partial charge in [-0.25, -0.2) is 0 Å². The van der Waals surface area contributed by atoms with Crippen LogP contribution in [0.15, 0.2) is 45.2 Å². The minimum absolute atomic E-state index is 0.164. The molecule has 31 heavy (non-hydrogen) atoms. The molecule has 0 saturated carbocycles. The first-order chi connectivity index (χ1) is 15.1. The lowest BCUT2D eigenvalue weighted by atomic mass is 10.1. The zero-order valence-corrected chi connectivity index (χ0v) is 18.9. The second-order valence-electron chi connectivity index (χ2n) is 6.69. The molecule has 0 bridgehead atoms. The largest absolute Gasteiger partial charge is 0.495 e. The van der Waals surface area contributed by atoms with Gasteiger partial charge < -0.3 is 24.5 Å². The van der Waals surface area contributed by atoms with Crippen LogP contribution in [0.1, 0.15) is 6.92 Å². The van der Waals surface area contributed by atoms with E-state index in [0.29, 0.717) is 39.6 Å². The number of para-hydroxylation sites is 1. The van der Waals surface area contributed by atoms with Gasteiger partial charge in [-0.1, -0.05) is 41.3 Å². The Kier molecular flexibility index (Phi) is 6.59. The smallest absolute Gasteiger partial charge is 0.237 e. The van der Waals surface area contributed by atoms with E-state index in [1.165, 1.54) is 23.1 Å². The van der Waals surface area contributed by atoms with Crippen LogP contribution >= 0.6 is 23.1 Å². The summed E-state index contributed by atoms with van der Waals surface area (Å²) < 4.78 is 17.2. The van der Waals surface area contributed by atoms with Gasteiger partial charge in [-0.2, -0.15) is 0 Å². The standard InChI is InChI=1S/C21H22N4O4S2/c1-12(30-21-25-24-20(31-21)22-8-9-27-2)19(26)23-15-11-17-14(10-18(15)28-3)13-6-4-5-7-16(13)29-17/h4-7,10-12H,8-9H2,1-3H3,(H,22,24)(H,23,26). The van der Waals surface area contributed by atoms with Crippen LogP contribution in [0.2, 0.25) is 0 Å². The van der Waals surface area contributed by atoms with E-state index in [9.17, 15) is 4.79 Å². The fourth-order valence-corrected chi connectivity index (χ4v) is 4.97. The van der Waals surface area contributed by atoms with E-state index in [1.807, 2.05) is 37.3 Å². The summed E-state index contributed by atoms with van der Waals surface area (Å²) in [4.78, 5) is 12.8. The predicted octanol–water partition coefficient (Wildman–Crippen LogP) is 4.62. The molecule has 0 saturated heterocycles. The number of hydrogen-bond donors (Lipinski definition) is 2. The van der Waals surface area contributed by atoms with Gasteiger partial charge in [0.05, 0.1) is 24.7 Å². The van der Waals surface area contributed by atoms with Crippen LogP contribution in [0.4, 0.5) is 10.8 Å². The maximum Gasteiger partial charge on any atom is 0.237 e. The summed E-state index contributed by atoms with van der Waals surface area (Å²) in [5.41, 5.74) is 2.04. The SMILES string of the molecule is COCCNc1nnc(SC(C)C(=O)Nc2cc3oc4ccccc4c3cc2OC)s1. The third-order valence-electron chi connectivity index (χ3n) is 4.59. The van der Waals surface area contributed by atoms with Gasteiger partial charge in [0.1, 0.15) is 16.9 Å². The summed E-state index contributed by atoms with van der Waals surface area (Å²) in [5, 5.41) is 16.6. The topological polar surface area (TPSA) is 98.5 Å². The molecule has 2 heterocycles. The van der Waals surface area contributed by atoms with Crippen molar-refractivity contribution in [2.45, 2.75) is 16.5 Å². The minimum Gasteiger partial charge on any atom is -0.495 e. The van der Waals surface area contributed by atoms with Crippen molar-refractivity contribution in [1.82, 2.24) is 10.2 Å². The number of rotatable bonds is 9. The Hall–Kier alpha value is -2.82. The van der Waals surface area contributed by atoms with E-state index in [0.717, 1.165) is 16.4 Å². The van der Waals surface area contributed by atoms with Gasteiger partial charge in [0.2, 0.25) is 11.0 Å². The molecular weight excluding hydrogens is 436 g/mol. The Morgan fingerprint density at radius 1 is 1.19 bits per heavy atom. The monoisotopic (exact) mass is 458 g/mol. The van der Waals surface area contributed by atoms with Crippen molar-refractivity contribution in [2.75, 3.05) is 38.0 Å². The normalized spacial score (nSPS) is 12.2. The number of anilines is 2. The Bertz CT molecular complexity index is 1210. The number of aromatic nitrogens is 2. The highest BCUT2D eigenvalue weighted by Gasteiger charge is 2.20. The van der Waals surface area contributed by atoms with Crippen LogP contribution in [0.25, 0.3) is 21.9 Å². The molecule has 0 radical (unpaired) electrons. The summed E-state index contributed by atoms with van der Waals surface area (Å²) in [6.07, 6.45) is 0. The molecule has 162 valence electrons. The van der Waals surface area contributed by atoms with E-state index in [2.05, 4.69) is 20.8 Å². The number of ether oxygens (including phenoxy) is 2. The number of carbonyl (C=O) groups is 1. The van der Waals surface area contributed by atoms with Crippen LogP contribution in [-0.2, 0) is 9.53 Å². The lowest BCUT2D eigenvalue weighted by Crippen LogP contribution is -2.22. The van der Waals surface area contributed by atoms with E-state index in [4.69, 9.17) is 13.9 Å². The molecule has 0 aliphatic carbocycles. The van der Waals surface area contributed by atoms with Gasteiger partial charge in [-0.05, 0) is 19.1 Å². The Labute approximate surface area is 187 Å². The molecule has 0 fully saturated rings. The lowest BCUT2D eigenvalue weighted by Gasteiger charge is -2.13. The maximum atomic E-state index is 12.8. The van der Waals surface area contributed by atoms with Crippen molar-refractivity contribution in [3.63, 3.8) is 0 Å². The molecule has 10 heteroatoms. The Morgan fingerprint density at radius 2 is 2.03 bits per heavy atom. The van der Waals surface area contributed by atoms with Crippen LogP contribution in [0.3, 0.4) is 0 Å². The zero-order chi connectivity index (χ0) is 21.8. The highest BCUT2D eigenvalue weighted by molar-refractivity contribution is 8.02. The quantitative estimate of drug-likeness (QED) is 0.277. The number of methoxy groups -OCH3 is 2. The average molecular weight is 459 g/mol. The molecular formula is C21H22N4O4S2. The minimum atomic E-state index is -0.379. The third kappa shape index (κ3) is 4.76. The highest BCUT2D eigenvalue weighted by atomic mass is 32.2. The molecule has 0 spiro atoms. The number of amides is 1. The molecule has 8 nitrogen and oxygen atoms in total.